The second-order valence-corrected chi connectivity index (χ2v) is 4.00. The Morgan fingerprint density at radius 3 is 2.50 bits per heavy atom. The summed E-state index contributed by atoms with van der Waals surface area (Å²) < 4.78 is 0. The van der Waals surface area contributed by atoms with E-state index in [0.29, 0.717) is 6.42 Å². The van der Waals surface area contributed by atoms with Crippen LogP contribution in [0.3, 0.4) is 0 Å². The topological polar surface area (TPSA) is 33.2 Å². The van der Waals surface area contributed by atoms with Crippen molar-refractivity contribution in [3.05, 3.63) is 66.8 Å². The number of anilines is 1. The Hall–Kier alpha value is -2.16. The zero-order valence-corrected chi connectivity index (χ0v) is 10.3. The molecule has 0 aliphatic carbocycles. The minimum Gasteiger partial charge on any atom is -0.315 e. The van der Waals surface area contributed by atoms with Crippen molar-refractivity contribution in [3.8, 4) is 0 Å². The normalized spacial score (nSPS) is 10.1. The van der Waals surface area contributed by atoms with Crippen LogP contribution >= 0.6 is 0 Å². The van der Waals surface area contributed by atoms with Crippen LogP contribution in [0.4, 0.5) is 5.69 Å². The Balaban J connectivity index is 1.93. The van der Waals surface area contributed by atoms with Gasteiger partial charge in [-0.3, -0.25) is 9.78 Å². The van der Waals surface area contributed by atoms with Gasteiger partial charge in [-0.05, 0) is 24.1 Å². The fourth-order valence-corrected chi connectivity index (χ4v) is 1.65. The second kappa shape index (κ2) is 5.96. The van der Waals surface area contributed by atoms with Gasteiger partial charge in [0, 0.05) is 25.1 Å². The zero-order valence-electron chi connectivity index (χ0n) is 10.3. The van der Waals surface area contributed by atoms with Crippen LogP contribution in [-0.4, -0.2) is 17.9 Å². The highest BCUT2D eigenvalue weighted by atomic mass is 16.2. The maximum Gasteiger partial charge on any atom is 0.230 e. The summed E-state index contributed by atoms with van der Waals surface area (Å²) >= 11 is 0. The molecule has 1 aromatic carbocycles. The highest BCUT2D eigenvalue weighted by Crippen LogP contribution is 2.12. The smallest absolute Gasteiger partial charge is 0.230 e. The van der Waals surface area contributed by atoms with E-state index in [1.807, 2.05) is 42.5 Å². The van der Waals surface area contributed by atoms with Crippen LogP contribution in [0, 0.1) is 6.42 Å². The first-order valence-electron chi connectivity index (χ1n) is 5.82. The lowest BCUT2D eigenvalue weighted by molar-refractivity contribution is -0.115. The van der Waals surface area contributed by atoms with E-state index in [4.69, 9.17) is 0 Å². The molecule has 3 nitrogen and oxygen atoms in total. The number of pyridine rings is 1. The third-order valence-corrected chi connectivity index (χ3v) is 2.74. The number of hydrogen-bond donors (Lipinski definition) is 0. The molecule has 0 unspecified atom stereocenters. The summed E-state index contributed by atoms with van der Waals surface area (Å²) in [5.41, 5.74) is 1.98. The number of amides is 1. The second-order valence-electron chi connectivity index (χ2n) is 4.00. The molecule has 1 heterocycles. The third-order valence-electron chi connectivity index (χ3n) is 2.74. The summed E-state index contributed by atoms with van der Waals surface area (Å²) in [6.45, 7) is 0. The van der Waals surface area contributed by atoms with Crippen LogP contribution < -0.4 is 4.90 Å². The van der Waals surface area contributed by atoms with E-state index in [-0.39, 0.29) is 5.91 Å². The zero-order chi connectivity index (χ0) is 12.8. The minimum atomic E-state index is -0.00921. The molecule has 2 aromatic rings. The molecule has 91 valence electrons. The lowest BCUT2D eigenvalue weighted by atomic mass is 10.1. The Morgan fingerprint density at radius 1 is 1.17 bits per heavy atom. The molecule has 2 rings (SSSR count). The van der Waals surface area contributed by atoms with E-state index < -0.39 is 0 Å². The first kappa shape index (κ1) is 12.3. The molecule has 1 amide bonds. The molecule has 0 saturated carbocycles. The maximum absolute atomic E-state index is 12.0. The van der Waals surface area contributed by atoms with Crippen LogP contribution in [0.25, 0.3) is 0 Å². The van der Waals surface area contributed by atoms with Gasteiger partial charge in [0.2, 0.25) is 5.91 Å². The standard InChI is InChI=1S/C15H15N2O/c1-17(14-9-11-16-12-10-14)15(18)8-7-13-5-3-2-4-6-13/h2-6,8-12H,7H2,1H3. The van der Waals surface area contributed by atoms with Gasteiger partial charge in [-0.25, -0.2) is 0 Å². The molecule has 0 spiro atoms. The Bertz CT molecular complexity index is 496. The number of aromatic nitrogens is 1. The van der Waals surface area contributed by atoms with Crippen LogP contribution in [0.2, 0.25) is 0 Å². The van der Waals surface area contributed by atoms with Gasteiger partial charge in [-0.2, -0.15) is 0 Å². The molecule has 0 fully saturated rings. The van der Waals surface area contributed by atoms with E-state index >= 15 is 0 Å². The number of hydrogen-bond acceptors (Lipinski definition) is 2. The van der Waals surface area contributed by atoms with Gasteiger partial charge in [-0.15, -0.1) is 0 Å². The molecule has 0 atom stereocenters. The Morgan fingerprint density at radius 2 is 1.83 bits per heavy atom. The quantitative estimate of drug-likeness (QED) is 0.821. The fraction of sp³-hybridized carbons (Fsp3) is 0.133. The van der Waals surface area contributed by atoms with E-state index in [1.54, 1.807) is 30.8 Å². The van der Waals surface area contributed by atoms with E-state index in [0.717, 1.165) is 11.3 Å². The summed E-state index contributed by atoms with van der Waals surface area (Å²) in [4.78, 5) is 17.5. The van der Waals surface area contributed by atoms with Gasteiger partial charge >= 0.3 is 0 Å². The van der Waals surface area contributed by atoms with Gasteiger partial charge in [0.05, 0.1) is 6.42 Å². The van der Waals surface area contributed by atoms with Crippen molar-refractivity contribution >= 4 is 11.6 Å². The third kappa shape index (κ3) is 3.17. The fourth-order valence-electron chi connectivity index (χ4n) is 1.65. The number of carbonyl (C=O) groups excluding carboxylic acids is 1. The largest absolute Gasteiger partial charge is 0.315 e. The average molecular weight is 239 g/mol. The van der Waals surface area contributed by atoms with Crippen molar-refractivity contribution in [2.45, 2.75) is 6.42 Å². The molecule has 0 saturated heterocycles. The number of rotatable bonds is 4. The van der Waals surface area contributed by atoms with E-state index in [1.165, 1.54) is 0 Å². The molecular weight excluding hydrogens is 224 g/mol. The van der Waals surface area contributed by atoms with Crippen molar-refractivity contribution in [1.82, 2.24) is 4.98 Å². The first-order chi connectivity index (χ1) is 8.77. The number of carbonyl (C=O) groups is 1. The molecule has 0 aliphatic rings. The van der Waals surface area contributed by atoms with Crippen LogP contribution in [-0.2, 0) is 11.2 Å². The summed E-state index contributed by atoms with van der Waals surface area (Å²) in [5.74, 6) is -0.00921. The monoisotopic (exact) mass is 239 g/mol. The SMILES string of the molecule is CN(C(=O)[CH]Cc1ccccc1)c1ccncc1. The van der Waals surface area contributed by atoms with Crippen LogP contribution in [0.1, 0.15) is 5.56 Å². The van der Waals surface area contributed by atoms with Gasteiger partial charge in [0.25, 0.3) is 0 Å². The highest BCUT2D eigenvalue weighted by molar-refractivity contribution is 5.98. The van der Waals surface area contributed by atoms with E-state index in [2.05, 4.69) is 4.98 Å². The van der Waals surface area contributed by atoms with Crippen molar-refractivity contribution < 1.29 is 4.79 Å². The molecule has 0 N–H and O–H groups in total. The van der Waals surface area contributed by atoms with Gasteiger partial charge < -0.3 is 4.90 Å². The first-order valence-corrected chi connectivity index (χ1v) is 5.82. The molecule has 3 heteroatoms. The highest BCUT2D eigenvalue weighted by Gasteiger charge is 2.10. The molecule has 1 radical (unpaired) electrons. The molecular formula is C15H15N2O. The number of benzene rings is 1. The van der Waals surface area contributed by atoms with Crippen LogP contribution in [0.5, 0.6) is 0 Å². The van der Waals surface area contributed by atoms with Gasteiger partial charge in [0.1, 0.15) is 0 Å². The summed E-state index contributed by atoms with van der Waals surface area (Å²) in [5, 5.41) is 0. The minimum absolute atomic E-state index is 0.00921. The molecule has 1 aromatic heterocycles. The molecule has 0 bridgehead atoms. The molecule has 0 aliphatic heterocycles. The Kier molecular flexibility index (Phi) is 4.07. The Labute approximate surface area is 107 Å². The van der Waals surface area contributed by atoms with Crippen molar-refractivity contribution in [3.63, 3.8) is 0 Å². The number of nitrogens with zero attached hydrogens (tertiary/aromatic N) is 2. The predicted octanol–water partition coefficient (Wildman–Crippen LogP) is 2.49. The summed E-state index contributed by atoms with van der Waals surface area (Å²) in [6, 6.07) is 13.6. The van der Waals surface area contributed by atoms with Gasteiger partial charge in [-0.1, -0.05) is 30.3 Å². The molecule has 18 heavy (non-hydrogen) atoms. The average Bonchev–Trinajstić information content (AvgIpc) is 2.46. The maximum atomic E-state index is 12.0. The predicted molar refractivity (Wildman–Crippen MR) is 72.1 cm³/mol. The summed E-state index contributed by atoms with van der Waals surface area (Å²) in [7, 11) is 1.76. The lowest BCUT2D eigenvalue weighted by Crippen LogP contribution is -2.26. The van der Waals surface area contributed by atoms with Gasteiger partial charge in [0.15, 0.2) is 0 Å². The van der Waals surface area contributed by atoms with Crippen molar-refractivity contribution in [2.24, 2.45) is 0 Å². The summed E-state index contributed by atoms with van der Waals surface area (Å²) in [6.07, 6.45) is 5.69. The van der Waals surface area contributed by atoms with Crippen LogP contribution in [0.15, 0.2) is 54.9 Å². The van der Waals surface area contributed by atoms with Crippen molar-refractivity contribution in [1.29, 1.82) is 0 Å². The van der Waals surface area contributed by atoms with E-state index in [9.17, 15) is 4.79 Å². The van der Waals surface area contributed by atoms with Crippen molar-refractivity contribution in [2.75, 3.05) is 11.9 Å². The lowest BCUT2D eigenvalue weighted by Gasteiger charge is -2.16.